The maximum absolute atomic E-state index is 13.2. The Morgan fingerprint density at radius 2 is 1.86 bits per heavy atom. The predicted octanol–water partition coefficient (Wildman–Crippen LogP) is 4.60. The second-order valence-electron chi connectivity index (χ2n) is 7.71. The van der Waals surface area contributed by atoms with Crippen LogP contribution in [0.25, 0.3) is 27.7 Å². The number of fused-ring (bicyclic) bond motifs is 3. The number of aromatic nitrogens is 4. The Hall–Kier alpha value is -3.02. The standard InChI is InChI=1S/C22H21FN4O/c1-14-4-2-3-5-19(14)26-11-10-20-18(22(26)28)12-24-21-17(13-25-27(20)21)15-6-8-16(23)9-7-15/h6-14,19H,2-5H2,1H3/t14-,19+/m0/s1. The smallest absolute Gasteiger partial charge is 0.261 e. The van der Waals surface area contributed by atoms with Gasteiger partial charge >= 0.3 is 0 Å². The molecule has 1 aromatic carbocycles. The minimum absolute atomic E-state index is 0.00974. The van der Waals surface area contributed by atoms with Crippen molar-refractivity contribution in [2.75, 3.05) is 0 Å². The van der Waals surface area contributed by atoms with Gasteiger partial charge in [-0.05, 0) is 42.5 Å². The van der Waals surface area contributed by atoms with E-state index in [9.17, 15) is 9.18 Å². The summed E-state index contributed by atoms with van der Waals surface area (Å²) in [5.41, 5.74) is 3.04. The lowest BCUT2D eigenvalue weighted by atomic mass is 9.85. The first kappa shape index (κ1) is 17.1. The topological polar surface area (TPSA) is 52.2 Å². The van der Waals surface area contributed by atoms with Crippen molar-refractivity contribution in [1.82, 2.24) is 19.2 Å². The molecule has 0 aliphatic heterocycles. The summed E-state index contributed by atoms with van der Waals surface area (Å²) in [6.07, 6.45) is 9.86. The fourth-order valence-electron chi connectivity index (χ4n) is 4.44. The number of rotatable bonds is 2. The summed E-state index contributed by atoms with van der Waals surface area (Å²) < 4.78 is 16.8. The van der Waals surface area contributed by atoms with E-state index in [0.29, 0.717) is 17.0 Å². The highest BCUT2D eigenvalue weighted by molar-refractivity contribution is 5.85. The van der Waals surface area contributed by atoms with Crippen LogP contribution in [0.2, 0.25) is 0 Å². The Morgan fingerprint density at radius 3 is 2.64 bits per heavy atom. The van der Waals surface area contributed by atoms with Gasteiger partial charge in [-0.2, -0.15) is 5.10 Å². The second-order valence-corrected chi connectivity index (χ2v) is 7.71. The Bertz CT molecular complexity index is 1230. The normalized spacial score (nSPS) is 20.1. The minimum Gasteiger partial charge on any atom is -0.312 e. The van der Waals surface area contributed by atoms with Gasteiger partial charge < -0.3 is 4.57 Å². The summed E-state index contributed by atoms with van der Waals surface area (Å²) in [4.78, 5) is 17.7. The molecule has 4 aromatic rings. The van der Waals surface area contributed by atoms with E-state index in [4.69, 9.17) is 0 Å². The first-order valence-electron chi connectivity index (χ1n) is 9.77. The van der Waals surface area contributed by atoms with Crippen LogP contribution in [-0.2, 0) is 0 Å². The van der Waals surface area contributed by atoms with Crippen molar-refractivity contribution in [1.29, 1.82) is 0 Å². The SMILES string of the molecule is C[C@H]1CCCC[C@H]1n1ccc2c(cnc3c(-c4ccc(F)cc4)cnn32)c1=O. The Kier molecular flexibility index (Phi) is 4.00. The molecule has 142 valence electrons. The number of halogens is 1. The maximum atomic E-state index is 13.2. The molecule has 0 amide bonds. The molecule has 2 atom stereocenters. The van der Waals surface area contributed by atoms with Crippen LogP contribution >= 0.6 is 0 Å². The molecular formula is C22H21FN4O. The predicted molar refractivity (Wildman–Crippen MR) is 107 cm³/mol. The second kappa shape index (κ2) is 6.55. The third-order valence-electron chi connectivity index (χ3n) is 6.00. The van der Waals surface area contributed by atoms with Crippen molar-refractivity contribution >= 4 is 16.6 Å². The lowest BCUT2D eigenvalue weighted by molar-refractivity contribution is 0.253. The van der Waals surface area contributed by atoms with Crippen LogP contribution < -0.4 is 5.56 Å². The zero-order valence-corrected chi connectivity index (χ0v) is 15.7. The monoisotopic (exact) mass is 376 g/mol. The van der Waals surface area contributed by atoms with Gasteiger partial charge in [0, 0.05) is 24.0 Å². The first-order valence-corrected chi connectivity index (χ1v) is 9.77. The zero-order chi connectivity index (χ0) is 19.3. The largest absolute Gasteiger partial charge is 0.312 e. The maximum Gasteiger partial charge on any atom is 0.261 e. The number of hydrogen-bond donors (Lipinski definition) is 0. The molecule has 0 spiro atoms. The summed E-state index contributed by atoms with van der Waals surface area (Å²) in [5, 5.41) is 5.03. The lowest BCUT2D eigenvalue weighted by Crippen LogP contribution is -2.30. The molecule has 1 saturated carbocycles. The fraction of sp³-hybridized carbons (Fsp3) is 0.318. The van der Waals surface area contributed by atoms with Crippen LogP contribution in [-0.4, -0.2) is 19.2 Å². The number of hydrogen-bond acceptors (Lipinski definition) is 3. The third kappa shape index (κ3) is 2.63. The molecule has 1 aliphatic rings. The van der Waals surface area contributed by atoms with Crippen LogP contribution in [0.15, 0.2) is 53.7 Å². The summed E-state index contributed by atoms with van der Waals surface area (Å²) in [6.45, 7) is 2.23. The zero-order valence-electron chi connectivity index (χ0n) is 15.7. The van der Waals surface area contributed by atoms with Crippen molar-refractivity contribution in [3.8, 4) is 11.1 Å². The molecule has 0 saturated heterocycles. The highest BCUT2D eigenvalue weighted by Crippen LogP contribution is 2.33. The van der Waals surface area contributed by atoms with Gasteiger partial charge in [-0.1, -0.05) is 31.9 Å². The Morgan fingerprint density at radius 1 is 1.07 bits per heavy atom. The van der Waals surface area contributed by atoms with Gasteiger partial charge in [0.1, 0.15) is 5.82 Å². The average molecular weight is 376 g/mol. The van der Waals surface area contributed by atoms with Gasteiger partial charge in [-0.15, -0.1) is 0 Å². The molecule has 0 N–H and O–H groups in total. The number of benzene rings is 1. The molecule has 0 radical (unpaired) electrons. The number of nitrogens with zero attached hydrogens (tertiary/aromatic N) is 4. The molecule has 0 unspecified atom stereocenters. The average Bonchev–Trinajstić information content (AvgIpc) is 3.14. The molecular weight excluding hydrogens is 355 g/mol. The summed E-state index contributed by atoms with van der Waals surface area (Å²) in [6, 6.07) is 8.46. The van der Waals surface area contributed by atoms with E-state index >= 15 is 0 Å². The molecule has 28 heavy (non-hydrogen) atoms. The van der Waals surface area contributed by atoms with Crippen molar-refractivity contribution in [3.05, 3.63) is 65.1 Å². The molecule has 1 fully saturated rings. The summed E-state index contributed by atoms with van der Waals surface area (Å²) in [7, 11) is 0. The fourth-order valence-corrected chi connectivity index (χ4v) is 4.44. The van der Waals surface area contributed by atoms with Crippen molar-refractivity contribution in [2.45, 2.75) is 38.6 Å². The van der Waals surface area contributed by atoms with Crippen molar-refractivity contribution in [3.63, 3.8) is 0 Å². The first-order chi connectivity index (χ1) is 13.6. The molecule has 5 rings (SSSR count). The highest BCUT2D eigenvalue weighted by Gasteiger charge is 2.24. The van der Waals surface area contributed by atoms with Crippen LogP contribution in [0, 0.1) is 11.7 Å². The van der Waals surface area contributed by atoms with E-state index in [1.807, 2.05) is 16.8 Å². The van der Waals surface area contributed by atoms with Crippen LogP contribution in [0.1, 0.15) is 38.6 Å². The van der Waals surface area contributed by atoms with Crippen LogP contribution in [0.5, 0.6) is 0 Å². The van der Waals surface area contributed by atoms with E-state index < -0.39 is 0 Å². The lowest BCUT2D eigenvalue weighted by Gasteiger charge is -2.30. The van der Waals surface area contributed by atoms with Gasteiger partial charge in [-0.3, -0.25) is 4.79 Å². The Labute approximate surface area is 161 Å². The van der Waals surface area contributed by atoms with Crippen LogP contribution in [0.3, 0.4) is 0 Å². The van der Waals surface area contributed by atoms with Gasteiger partial charge in [0.05, 0.1) is 17.1 Å². The van der Waals surface area contributed by atoms with E-state index in [0.717, 1.165) is 35.9 Å². The van der Waals surface area contributed by atoms with Gasteiger partial charge in [0.2, 0.25) is 0 Å². The highest BCUT2D eigenvalue weighted by atomic mass is 19.1. The van der Waals surface area contributed by atoms with E-state index in [1.54, 1.807) is 29.0 Å². The minimum atomic E-state index is -0.281. The quantitative estimate of drug-likeness (QED) is 0.514. The molecule has 6 heteroatoms. The number of pyridine rings is 1. The molecule has 3 aromatic heterocycles. The summed E-state index contributed by atoms with van der Waals surface area (Å²) >= 11 is 0. The van der Waals surface area contributed by atoms with E-state index in [2.05, 4.69) is 17.0 Å². The third-order valence-corrected chi connectivity index (χ3v) is 6.00. The Balaban J connectivity index is 1.66. The van der Waals surface area contributed by atoms with Crippen LogP contribution in [0.4, 0.5) is 4.39 Å². The van der Waals surface area contributed by atoms with Crippen molar-refractivity contribution in [2.24, 2.45) is 5.92 Å². The summed E-state index contributed by atoms with van der Waals surface area (Å²) in [5.74, 6) is 0.214. The van der Waals surface area contributed by atoms with E-state index in [-0.39, 0.29) is 17.4 Å². The molecule has 0 bridgehead atoms. The molecule has 1 aliphatic carbocycles. The van der Waals surface area contributed by atoms with Gasteiger partial charge in [-0.25, -0.2) is 13.9 Å². The van der Waals surface area contributed by atoms with E-state index in [1.165, 1.54) is 18.6 Å². The molecule has 3 heterocycles. The van der Waals surface area contributed by atoms with Gasteiger partial charge in [0.25, 0.3) is 5.56 Å². The molecule has 5 nitrogen and oxygen atoms in total. The van der Waals surface area contributed by atoms with Crippen molar-refractivity contribution < 1.29 is 4.39 Å². The van der Waals surface area contributed by atoms with Gasteiger partial charge in [0.15, 0.2) is 5.65 Å².